The number of aliphatic carboxylic acids is 1. The van der Waals surface area contributed by atoms with Crippen LogP contribution in [-0.4, -0.2) is 41.6 Å². The van der Waals surface area contributed by atoms with Crippen molar-refractivity contribution in [2.45, 2.75) is 212 Å². The number of ether oxygens (including phenoxy) is 1. The van der Waals surface area contributed by atoms with Gasteiger partial charge < -0.3 is 20.9 Å². The molecule has 0 spiro atoms. The number of rotatable bonds is 37. The second-order valence-electron chi connectivity index (χ2n) is 14.0. The van der Waals surface area contributed by atoms with E-state index in [0.29, 0.717) is 38.6 Å². The number of carbonyl (C=O) groups is 3. The van der Waals surface area contributed by atoms with Crippen molar-refractivity contribution >= 4 is 17.8 Å². The fourth-order valence-corrected chi connectivity index (χ4v) is 5.98. The molecule has 290 valence electrons. The third-order valence-corrected chi connectivity index (χ3v) is 9.16. The van der Waals surface area contributed by atoms with Gasteiger partial charge >= 0.3 is 11.9 Å². The summed E-state index contributed by atoms with van der Waals surface area (Å²) in [6.45, 7) is 4.89. The Morgan fingerprint density at radius 1 is 0.600 bits per heavy atom. The van der Waals surface area contributed by atoms with Crippen molar-refractivity contribution in [2.75, 3.05) is 6.54 Å². The van der Waals surface area contributed by atoms with Crippen molar-refractivity contribution in [3.63, 3.8) is 0 Å². The molecule has 0 aliphatic carbocycles. The number of hydrogen-bond donors (Lipinski definition) is 3. The van der Waals surface area contributed by atoms with Crippen LogP contribution >= 0.6 is 0 Å². The average molecular weight is 703 g/mol. The smallest absolute Gasteiger partial charge is 0.326 e. The number of amides is 1. The Balaban J connectivity index is 4.27. The maximum atomic E-state index is 12.7. The van der Waals surface area contributed by atoms with Crippen LogP contribution in [0.3, 0.4) is 0 Å². The minimum absolute atomic E-state index is 0.0962. The Kier molecular flexibility index (Phi) is 36.0. The summed E-state index contributed by atoms with van der Waals surface area (Å²) in [4.78, 5) is 36.3. The highest BCUT2D eigenvalue weighted by atomic mass is 16.5. The highest BCUT2D eigenvalue weighted by Crippen LogP contribution is 2.16. The Morgan fingerprint density at radius 2 is 1.10 bits per heavy atom. The molecule has 0 heterocycles. The average Bonchev–Trinajstić information content (AvgIpc) is 3.10. The molecule has 2 unspecified atom stereocenters. The summed E-state index contributed by atoms with van der Waals surface area (Å²) in [7, 11) is 0. The zero-order valence-electron chi connectivity index (χ0n) is 32.5. The van der Waals surface area contributed by atoms with E-state index in [1.165, 1.54) is 103 Å². The van der Waals surface area contributed by atoms with Gasteiger partial charge in [0.15, 0.2) is 0 Å². The van der Waals surface area contributed by atoms with Gasteiger partial charge in [-0.15, -0.1) is 0 Å². The van der Waals surface area contributed by atoms with Crippen molar-refractivity contribution < 1.29 is 24.2 Å². The largest absolute Gasteiger partial charge is 0.480 e. The lowest BCUT2D eigenvalue weighted by atomic mass is 10.1. The molecular weight excluding hydrogens is 624 g/mol. The van der Waals surface area contributed by atoms with Crippen LogP contribution in [0.25, 0.3) is 0 Å². The standard InChI is InChI=1S/C43H78N2O5/c1-3-5-7-9-11-13-14-15-16-17-18-19-20-21-23-25-31-37-42(47)50-39(33-28-24-22-12-10-8-6-4-2)34-29-26-27-30-36-41(46)45-40(43(48)49)35-32-38-44/h11,13,15-16,28,33,39-40H,3-10,12,14,17-27,29-32,34-38,44H2,1-2H3,(H,45,46)(H,48,49)/b13-11-,16-15-,33-28-. The van der Waals surface area contributed by atoms with E-state index in [4.69, 9.17) is 10.5 Å². The molecule has 0 saturated carbocycles. The molecule has 4 N–H and O–H groups in total. The number of esters is 1. The summed E-state index contributed by atoms with van der Waals surface area (Å²) < 4.78 is 5.92. The molecule has 50 heavy (non-hydrogen) atoms. The Morgan fingerprint density at radius 3 is 1.70 bits per heavy atom. The molecule has 0 bridgehead atoms. The lowest BCUT2D eigenvalue weighted by Crippen LogP contribution is -2.40. The summed E-state index contributed by atoms with van der Waals surface area (Å²) >= 11 is 0. The molecule has 0 aliphatic heterocycles. The van der Waals surface area contributed by atoms with Crippen LogP contribution in [0.2, 0.25) is 0 Å². The number of unbranched alkanes of at least 4 members (excludes halogenated alkanes) is 19. The van der Waals surface area contributed by atoms with Gasteiger partial charge in [-0.2, -0.15) is 0 Å². The van der Waals surface area contributed by atoms with E-state index in [2.05, 4.69) is 55.6 Å². The molecule has 0 fully saturated rings. The molecule has 0 aromatic carbocycles. The second-order valence-corrected chi connectivity index (χ2v) is 14.0. The fraction of sp³-hybridized carbons (Fsp3) is 0.791. The number of nitrogens with two attached hydrogens (primary N) is 1. The predicted octanol–water partition coefficient (Wildman–Crippen LogP) is 11.4. The van der Waals surface area contributed by atoms with Crippen LogP contribution in [0, 0.1) is 0 Å². The van der Waals surface area contributed by atoms with E-state index >= 15 is 0 Å². The minimum Gasteiger partial charge on any atom is -0.480 e. The number of hydrogen-bond acceptors (Lipinski definition) is 5. The highest BCUT2D eigenvalue weighted by Gasteiger charge is 2.19. The SMILES string of the molecule is CCCCC/C=C\C/C=C\CCCCCCCCCC(=O)OC(/C=C\CCCCCCCC)CCCCCCC(=O)NC(CCCN)C(=O)O. The van der Waals surface area contributed by atoms with Gasteiger partial charge in [-0.3, -0.25) is 9.59 Å². The first-order valence-electron chi connectivity index (χ1n) is 20.8. The second kappa shape index (κ2) is 37.8. The minimum atomic E-state index is -1.02. The third-order valence-electron chi connectivity index (χ3n) is 9.16. The lowest BCUT2D eigenvalue weighted by molar-refractivity contribution is -0.147. The van der Waals surface area contributed by atoms with Gasteiger partial charge in [-0.05, 0) is 96.1 Å². The normalized spacial score (nSPS) is 13.0. The van der Waals surface area contributed by atoms with Gasteiger partial charge in [-0.25, -0.2) is 4.79 Å². The van der Waals surface area contributed by atoms with E-state index in [9.17, 15) is 19.5 Å². The highest BCUT2D eigenvalue weighted by molar-refractivity contribution is 5.83. The summed E-state index contributed by atoms with van der Waals surface area (Å²) in [6, 6.07) is -0.870. The molecule has 1 amide bonds. The molecule has 0 aromatic heterocycles. The Bertz CT molecular complexity index is 885. The maximum absolute atomic E-state index is 12.7. The van der Waals surface area contributed by atoms with Crippen LogP contribution in [-0.2, 0) is 19.1 Å². The first kappa shape index (κ1) is 47.6. The number of nitrogens with one attached hydrogen (secondary N) is 1. The topological polar surface area (TPSA) is 119 Å². The predicted molar refractivity (Wildman–Crippen MR) is 211 cm³/mol. The van der Waals surface area contributed by atoms with Crippen molar-refractivity contribution in [1.29, 1.82) is 0 Å². The zero-order valence-corrected chi connectivity index (χ0v) is 32.5. The molecule has 7 nitrogen and oxygen atoms in total. The molecule has 0 aromatic rings. The quantitative estimate of drug-likeness (QED) is 0.0337. The van der Waals surface area contributed by atoms with Gasteiger partial charge in [0.25, 0.3) is 0 Å². The van der Waals surface area contributed by atoms with Crippen molar-refractivity contribution in [1.82, 2.24) is 5.32 Å². The van der Waals surface area contributed by atoms with Gasteiger partial charge in [-0.1, -0.05) is 134 Å². The van der Waals surface area contributed by atoms with Crippen LogP contribution in [0.4, 0.5) is 0 Å². The van der Waals surface area contributed by atoms with E-state index in [1.54, 1.807) is 0 Å². The first-order valence-corrected chi connectivity index (χ1v) is 20.8. The van der Waals surface area contributed by atoms with Crippen LogP contribution < -0.4 is 11.1 Å². The van der Waals surface area contributed by atoms with Gasteiger partial charge in [0, 0.05) is 12.8 Å². The molecule has 2 atom stereocenters. The Hall–Kier alpha value is -2.41. The molecule has 0 saturated heterocycles. The molecule has 0 radical (unpaired) electrons. The molecule has 0 aliphatic rings. The summed E-state index contributed by atoms with van der Waals surface area (Å²) in [5, 5.41) is 11.9. The number of carbonyl (C=O) groups excluding carboxylic acids is 2. The van der Waals surface area contributed by atoms with Crippen molar-refractivity contribution in [3.05, 3.63) is 36.5 Å². The van der Waals surface area contributed by atoms with Crippen LogP contribution in [0.5, 0.6) is 0 Å². The fourth-order valence-electron chi connectivity index (χ4n) is 5.98. The summed E-state index contributed by atoms with van der Waals surface area (Å²) in [5.41, 5.74) is 5.48. The van der Waals surface area contributed by atoms with E-state index in [-0.39, 0.29) is 18.0 Å². The van der Waals surface area contributed by atoms with Gasteiger partial charge in [0.05, 0.1) is 0 Å². The third kappa shape index (κ3) is 34.1. The van der Waals surface area contributed by atoms with Crippen LogP contribution in [0.1, 0.15) is 200 Å². The zero-order chi connectivity index (χ0) is 36.8. The van der Waals surface area contributed by atoms with E-state index < -0.39 is 12.0 Å². The van der Waals surface area contributed by atoms with Crippen molar-refractivity contribution in [2.24, 2.45) is 5.73 Å². The van der Waals surface area contributed by atoms with Crippen LogP contribution in [0.15, 0.2) is 36.5 Å². The number of carboxylic acid groups (broad SMARTS) is 1. The number of allylic oxidation sites excluding steroid dienone is 5. The van der Waals surface area contributed by atoms with E-state index in [1.807, 2.05) is 0 Å². The summed E-state index contributed by atoms with van der Waals surface area (Å²) in [6.07, 6.45) is 43.4. The Labute approximate surface area is 307 Å². The molecule has 0 rings (SSSR count). The maximum Gasteiger partial charge on any atom is 0.326 e. The van der Waals surface area contributed by atoms with Gasteiger partial charge in [0.2, 0.25) is 5.91 Å². The molecular formula is C43H78N2O5. The molecule has 7 heteroatoms. The monoisotopic (exact) mass is 703 g/mol. The van der Waals surface area contributed by atoms with Crippen molar-refractivity contribution in [3.8, 4) is 0 Å². The lowest BCUT2D eigenvalue weighted by Gasteiger charge is -2.15. The van der Waals surface area contributed by atoms with E-state index in [0.717, 1.165) is 51.4 Å². The summed E-state index contributed by atoms with van der Waals surface area (Å²) in [5.74, 6) is -1.33. The first-order chi connectivity index (χ1) is 24.4. The number of carboxylic acids is 1. The van der Waals surface area contributed by atoms with Gasteiger partial charge in [0.1, 0.15) is 12.1 Å².